The minimum atomic E-state index is -0.00324. The van der Waals surface area contributed by atoms with Crippen LogP contribution >= 0.6 is 23.2 Å². The first kappa shape index (κ1) is 13.3. The second-order valence-electron chi connectivity index (χ2n) is 5.13. The zero-order valence-corrected chi connectivity index (χ0v) is 12.2. The number of aromatic nitrogens is 1. The van der Waals surface area contributed by atoms with Crippen molar-refractivity contribution in [1.82, 2.24) is 9.47 Å². The number of carbonyl (C=O) groups excluding carboxylic acids is 1. The first-order chi connectivity index (χ1) is 9.09. The van der Waals surface area contributed by atoms with Crippen LogP contribution < -0.4 is 0 Å². The van der Waals surface area contributed by atoms with Crippen LogP contribution in [-0.2, 0) is 11.8 Å². The Kier molecular flexibility index (Phi) is 3.50. The maximum absolute atomic E-state index is 12.7. The molecule has 0 unspecified atom stereocenters. The van der Waals surface area contributed by atoms with Crippen LogP contribution in [0, 0.1) is 0 Å². The minimum absolute atomic E-state index is 0.00324. The topological polar surface area (TPSA) is 34.5 Å². The van der Waals surface area contributed by atoms with Gasteiger partial charge in [0.05, 0.1) is 23.8 Å². The van der Waals surface area contributed by atoms with Crippen LogP contribution in [0.2, 0.25) is 10.2 Å². The Morgan fingerprint density at radius 1 is 1.42 bits per heavy atom. The molecule has 1 saturated heterocycles. The summed E-state index contributed by atoms with van der Waals surface area (Å²) in [5, 5.41) is 0.824. The second kappa shape index (κ2) is 5.00. The fourth-order valence-corrected chi connectivity index (χ4v) is 3.45. The fourth-order valence-electron chi connectivity index (χ4n) is 3.07. The van der Waals surface area contributed by atoms with Gasteiger partial charge >= 0.3 is 0 Å². The molecular formula is C13H16Cl2N2O2. The van der Waals surface area contributed by atoms with E-state index in [9.17, 15) is 4.79 Å². The van der Waals surface area contributed by atoms with Gasteiger partial charge < -0.3 is 14.2 Å². The molecule has 1 aromatic heterocycles. The van der Waals surface area contributed by atoms with Crippen LogP contribution in [0.25, 0.3) is 0 Å². The van der Waals surface area contributed by atoms with Gasteiger partial charge in [0.2, 0.25) is 0 Å². The highest BCUT2D eigenvalue weighted by molar-refractivity contribution is 6.41. The minimum Gasteiger partial charge on any atom is -0.374 e. The molecule has 1 aromatic rings. The summed E-state index contributed by atoms with van der Waals surface area (Å²) in [6, 6.07) is 1.85. The highest BCUT2D eigenvalue weighted by Gasteiger charge is 2.39. The van der Waals surface area contributed by atoms with Crippen LogP contribution in [0.15, 0.2) is 6.07 Å². The van der Waals surface area contributed by atoms with E-state index in [1.165, 1.54) is 0 Å². The molecule has 1 amide bonds. The van der Waals surface area contributed by atoms with Crippen LogP contribution in [0.4, 0.5) is 0 Å². The molecule has 6 heteroatoms. The van der Waals surface area contributed by atoms with E-state index in [0.29, 0.717) is 29.0 Å². The number of halogens is 2. The number of amides is 1. The Morgan fingerprint density at radius 2 is 2.21 bits per heavy atom. The van der Waals surface area contributed by atoms with E-state index in [0.717, 1.165) is 19.3 Å². The molecule has 3 rings (SSSR count). The number of rotatable bonds is 1. The third-order valence-corrected chi connectivity index (χ3v) is 4.92. The lowest BCUT2D eigenvalue weighted by Gasteiger charge is -2.37. The van der Waals surface area contributed by atoms with Crippen molar-refractivity contribution in [2.45, 2.75) is 31.4 Å². The first-order valence-electron chi connectivity index (χ1n) is 6.53. The van der Waals surface area contributed by atoms with Crippen molar-refractivity contribution in [2.75, 3.05) is 13.2 Å². The summed E-state index contributed by atoms with van der Waals surface area (Å²) >= 11 is 12.0. The predicted octanol–water partition coefficient (Wildman–Crippen LogP) is 2.73. The molecule has 104 valence electrons. The van der Waals surface area contributed by atoms with Crippen molar-refractivity contribution in [1.29, 1.82) is 0 Å². The fraction of sp³-hybridized carbons (Fsp3) is 0.615. The highest BCUT2D eigenvalue weighted by atomic mass is 35.5. The van der Waals surface area contributed by atoms with Crippen molar-refractivity contribution < 1.29 is 9.53 Å². The molecule has 2 heterocycles. The summed E-state index contributed by atoms with van der Waals surface area (Å²) in [6.07, 6.45) is 3.38. The molecule has 1 aliphatic carbocycles. The van der Waals surface area contributed by atoms with Crippen molar-refractivity contribution in [2.24, 2.45) is 7.05 Å². The molecule has 0 N–H and O–H groups in total. The molecule has 19 heavy (non-hydrogen) atoms. The lowest BCUT2D eigenvalue weighted by atomic mass is 10.1. The molecular weight excluding hydrogens is 287 g/mol. The predicted molar refractivity (Wildman–Crippen MR) is 73.8 cm³/mol. The van der Waals surface area contributed by atoms with Gasteiger partial charge in [-0.1, -0.05) is 23.2 Å². The lowest BCUT2D eigenvalue weighted by molar-refractivity contribution is -0.0448. The van der Waals surface area contributed by atoms with Gasteiger partial charge in [0.25, 0.3) is 5.91 Å². The number of ether oxygens (including phenoxy) is 1. The van der Waals surface area contributed by atoms with Crippen LogP contribution in [0.5, 0.6) is 0 Å². The Morgan fingerprint density at radius 3 is 2.89 bits per heavy atom. The number of morpholine rings is 1. The van der Waals surface area contributed by atoms with E-state index < -0.39 is 0 Å². The zero-order valence-electron chi connectivity index (χ0n) is 10.7. The molecule has 4 nitrogen and oxygen atoms in total. The molecule has 0 aromatic carbocycles. The molecule has 0 bridgehead atoms. The van der Waals surface area contributed by atoms with Crippen molar-refractivity contribution in [3.8, 4) is 0 Å². The van der Waals surface area contributed by atoms with E-state index in [2.05, 4.69) is 0 Å². The summed E-state index contributed by atoms with van der Waals surface area (Å²) in [7, 11) is 1.76. The molecule has 1 aliphatic heterocycles. The van der Waals surface area contributed by atoms with Crippen LogP contribution in [0.1, 0.15) is 29.8 Å². The van der Waals surface area contributed by atoms with E-state index in [1.54, 1.807) is 17.7 Å². The molecule has 2 fully saturated rings. The van der Waals surface area contributed by atoms with Gasteiger partial charge in [-0.2, -0.15) is 0 Å². The third kappa shape index (κ3) is 2.16. The molecule has 1 saturated carbocycles. The molecule has 2 aliphatic rings. The van der Waals surface area contributed by atoms with Crippen molar-refractivity contribution >= 4 is 29.1 Å². The van der Waals surface area contributed by atoms with Crippen molar-refractivity contribution in [3.05, 3.63) is 21.9 Å². The summed E-state index contributed by atoms with van der Waals surface area (Å²) in [6.45, 7) is 1.25. The Balaban J connectivity index is 1.88. The Bertz CT molecular complexity index is 515. The second-order valence-corrected chi connectivity index (χ2v) is 5.90. The van der Waals surface area contributed by atoms with Gasteiger partial charge in [0.1, 0.15) is 10.8 Å². The molecule has 0 spiro atoms. The van der Waals surface area contributed by atoms with E-state index in [-0.39, 0.29) is 18.1 Å². The summed E-state index contributed by atoms with van der Waals surface area (Å²) in [5.74, 6) is -0.00324. The Hall–Kier alpha value is -0.710. The summed E-state index contributed by atoms with van der Waals surface area (Å²) in [5.41, 5.74) is 0.544. The average molecular weight is 303 g/mol. The first-order valence-corrected chi connectivity index (χ1v) is 7.28. The maximum Gasteiger partial charge on any atom is 0.270 e. The van der Waals surface area contributed by atoms with Gasteiger partial charge in [-0.05, 0) is 25.3 Å². The number of carbonyl (C=O) groups is 1. The monoisotopic (exact) mass is 302 g/mol. The SMILES string of the molecule is Cn1c(C(=O)N2CCO[C@@H]3CCC[C@@H]32)cc(Cl)c1Cl. The lowest BCUT2D eigenvalue weighted by Crippen LogP contribution is -2.51. The molecule has 2 atom stereocenters. The highest BCUT2D eigenvalue weighted by Crippen LogP contribution is 2.32. The normalized spacial score (nSPS) is 26.6. The van der Waals surface area contributed by atoms with E-state index in [1.807, 2.05) is 4.90 Å². The van der Waals surface area contributed by atoms with Gasteiger partial charge in [-0.15, -0.1) is 0 Å². The Labute approximate surface area is 122 Å². The van der Waals surface area contributed by atoms with Gasteiger partial charge in [-0.25, -0.2) is 0 Å². The number of nitrogens with zero attached hydrogens (tertiary/aromatic N) is 2. The molecule has 0 radical (unpaired) electrons. The van der Waals surface area contributed by atoms with E-state index >= 15 is 0 Å². The summed E-state index contributed by atoms with van der Waals surface area (Å²) < 4.78 is 7.37. The van der Waals surface area contributed by atoms with Gasteiger partial charge in [0, 0.05) is 13.6 Å². The van der Waals surface area contributed by atoms with E-state index in [4.69, 9.17) is 27.9 Å². The standard InChI is InChI=1S/C13H16Cl2N2O2/c1-16-10(7-8(14)12(16)15)13(18)17-5-6-19-11-4-2-3-9(11)17/h7,9,11H,2-6H2,1H3/t9-,11+/m0/s1. The number of hydrogen-bond acceptors (Lipinski definition) is 2. The number of hydrogen-bond donors (Lipinski definition) is 0. The smallest absolute Gasteiger partial charge is 0.270 e. The van der Waals surface area contributed by atoms with Gasteiger partial charge in [-0.3, -0.25) is 4.79 Å². The van der Waals surface area contributed by atoms with Crippen LogP contribution in [0.3, 0.4) is 0 Å². The zero-order chi connectivity index (χ0) is 13.6. The number of fused-ring (bicyclic) bond motifs is 1. The van der Waals surface area contributed by atoms with Gasteiger partial charge in [0.15, 0.2) is 0 Å². The van der Waals surface area contributed by atoms with Crippen LogP contribution in [-0.4, -0.2) is 40.7 Å². The average Bonchev–Trinajstić information content (AvgIpc) is 2.98. The van der Waals surface area contributed by atoms with Crippen molar-refractivity contribution in [3.63, 3.8) is 0 Å². The third-order valence-electron chi connectivity index (χ3n) is 4.08. The quantitative estimate of drug-likeness (QED) is 0.799. The maximum atomic E-state index is 12.7. The summed E-state index contributed by atoms with van der Waals surface area (Å²) in [4.78, 5) is 14.6. The largest absolute Gasteiger partial charge is 0.374 e.